The second kappa shape index (κ2) is 4.22. The maximum Gasteiger partial charge on any atom is 0.253 e. The van der Waals surface area contributed by atoms with Crippen molar-refractivity contribution >= 4 is 5.69 Å². The second-order valence-electron chi connectivity index (χ2n) is 4.25. The van der Waals surface area contributed by atoms with Gasteiger partial charge in [0, 0.05) is 6.54 Å². The molecular weight excluding hydrogens is 260 g/mol. The Hall–Kier alpha value is -2.11. The minimum Gasteiger partial charge on any atom is -0.355 e. The molecule has 1 saturated heterocycles. The summed E-state index contributed by atoms with van der Waals surface area (Å²) in [5.41, 5.74) is 0.137. The van der Waals surface area contributed by atoms with E-state index >= 15 is 0 Å². The van der Waals surface area contributed by atoms with Gasteiger partial charge in [0.1, 0.15) is 5.69 Å². The van der Waals surface area contributed by atoms with E-state index in [1.807, 2.05) is 6.07 Å². The van der Waals surface area contributed by atoms with Crippen LogP contribution in [0.2, 0.25) is 0 Å². The molecule has 0 saturated carbocycles. The molecule has 1 aromatic carbocycles. The van der Waals surface area contributed by atoms with Crippen molar-refractivity contribution in [3.8, 4) is 0 Å². The molecule has 19 heavy (non-hydrogen) atoms. The molecule has 0 amide bonds. The minimum atomic E-state index is -1.63. The van der Waals surface area contributed by atoms with Gasteiger partial charge >= 0.3 is 0 Å². The first-order valence-electron chi connectivity index (χ1n) is 5.61. The lowest BCUT2D eigenvalue weighted by atomic mass is 10.2. The van der Waals surface area contributed by atoms with Crippen LogP contribution in [0.3, 0.4) is 0 Å². The molecule has 0 unspecified atom stereocenters. The van der Waals surface area contributed by atoms with Crippen molar-refractivity contribution in [1.29, 1.82) is 0 Å². The summed E-state index contributed by atoms with van der Waals surface area (Å²) in [5, 5.41) is 0. The molecule has 1 aromatic heterocycles. The lowest BCUT2D eigenvalue weighted by Gasteiger charge is -2.09. The summed E-state index contributed by atoms with van der Waals surface area (Å²) in [6, 6.07) is 8.68. The van der Waals surface area contributed by atoms with Crippen molar-refractivity contribution in [1.82, 2.24) is 4.98 Å². The Morgan fingerprint density at radius 1 is 0.947 bits per heavy atom. The molecule has 0 radical (unpaired) electrons. The lowest BCUT2D eigenvalue weighted by molar-refractivity contribution is 0.409. The van der Waals surface area contributed by atoms with Crippen LogP contribution in [0.5, 0.6) is 0 Å². The van der Waals surface area contributed by atoms with E-state index in [4.69, 9.17) is 0 Å². The number of halogens is 4. The van der Waals surface area contributed by atoms with Crippen molar-refractivity contribution in [2.45, 2.75) is 6.04 Å². The van der Waals surface area contributed by atoms with Crippen LogP contribution < -0.4 is 4.90 Å². The van der Waals surface area contributed by atoms with E-state index in [1.165, 1.54) is 4.90 Å². The van der Waals surface area contributed by atoms with Gasteiger partial charge in [0.15, 0.2) is 0 Å². The zero-order valence-electron chi connectivity index (χ0n) is 9.58. The molecule has 0 bridgehead atoms. The number of pyridine rings is 1. The molecule has 2 aromatic rings. The maximum atomic E-state index is 13.5. The third-order valence-electron chi connectivity index (χ3n) is 3.06. The van der Waals surface area contributed by atoms with Crippen LogP contribution in [0.25, 0.3) is 0 Å². The molecule has 1 atom stereocenters. The van der Waals surface area contributed by atoms with Crippen molar-refractivity contribution in [2.24, 2.45) is 0 Å². The van der Waals surface area contributed by atoms with E-state index in [0.29, 0.717) is 6.54 Å². The Morgan fingerprint density at radius 3 is 2.11 bits per heavy atom. The number of benzene rings is 1. The quantitative estimate of drug-likeness (QED) is 0.472. The smallest absolute Gasteiger partial charge is 0.253 e. The summed E-state index contributed by atoms with van der Waals surface area (Å²) in [5.74, 6) is -6.19. The zero-order chi connectivity index (χ0) is 13.6. The van der Waals surface area contributed by atoms with E-state index in [2.05, 4.69) is 4.98 Å². The summed E-state index contributed by atoms with van der Waals surface area (Å²) < 4.78 is 53.1. The number of anilines is 1. The molecule has 6 heteroatoms. The van der Waals surface area contributed by atoms with Crippen LogP contribution in [-0.2, 0) is 0 Å². The molecule has 1 aliphatic heterocycles. The summed E-state index contributed by atoms with van der Waals surface area (Å²) in [7, 11) is 0. The van der Waals surface area contributed by atoms with Crippen LogP contribution in [0.15, 0.2) is 30.3 Å². The van der Waals surface area contributed by atoms with Gasteiger partial charge in [0.2, 0.25) is 11.6 Å². The van der Waals surface area contributed by atoms with Crippen LogP contribution in [0.1, 0.15) is 11.6 Å². The fraction of sp³-hybridized carbons (Fsp3) is 0.154. The van der Waals surface area contributed by atoms with Crippen LogP contribution in [0, 0.1) is 23.5 Å². The third kappa shape index (κ3) is 1.93. The second-order valence-corrected chi connectivity index (χ2v) is 4.25. The summed E-state index contributed by atoms with van der Waals surface area (Å²) >= 11 is 0. The molecule has 1 fully saturated rings. The fourth-order valence-electron chi connectivity index (χ4n) is 2.08. The number of rotatable bonds is 2. The number of nitrogens with zero attached hydrogens (tertiary/aromatic N) is 2. The molecule has 98 valence electrons. The van der Waals surface area contributed by atoms with Crippen LogP contribution in [-0.4, -0.2) is 11.5 Å². The average Bonchev–Trinajstić information content (AvgIpc) is 3.18. The van der Waals surface area contributed by atoms with Gasteiger partial charge in [-0.15, -0.1) is 0 Å². The first-order valence-corrected chi connectivity index (χ1v) is 5.61. The maximum absolute atomic E-state index is 13.5. The topological polar surface area (TPSA) is 15.9 Å². The molecule has 3 rings (SSSR count). The van der Waals surface area contributed by atoms with Crippen LogP contribution >= 0.6 is 0 Å². The van der Waals surface area contributed by atoms with Gasteiger partial charge < -0.3 is 4.90 Å². The van der Waals surface area contributed by atoms with Crippen molar-refractivity contribution in [2.75, 3.05) is 11.4 Å². The van der Waals surface area contributed by atoms with Crippen molar-refractivity contribution < 1.29 is 17.6 Å². The molecule has 0 spiro atoms. The molecule has 2 heterocycles. The molecule has 1 aliphatic rings. The van der Waals surface area contributed by atoms with E-state index in [9.17, 15) is 17.6 Å². The van der Waals surface area contributed by atoms with Crippen LogP contribution in [0.4, 0.5) is 23.2 Å². The zero-order valence-corrected chi connectivity index (χ0v) is 9.58. The highest BCUT2D eigenvalue weighted by Gasteiger charge is 2.41. The Balaban J connectivity index is 1.98. The molecule has 2 nitrogen and oxygen atoms in total. The highest BCUT2D eigenvalue weighted by molar-refractivity contribution is 5.57. The first kappa shape index (κ1) is 12.0. The highest BCUT2D eigenvalue weighted by Crippen LogP contribution is 2.42. The predicted octanol–water partition coefficient (Wildman–Crippen LogP) is 3.20. The Kier molecular flexibility index (Phi) is 2.66. The first-order chi connectivity index (χ1) is 9.09. The normalized spacial score (nSPS) is 17.7. The molecular formula is C13H8F4N2. The summed E-state index contributed by atoms with van der Waals surface area (Å²) in [4.78, 5) is 3.79. The Morgan fingerprint density at radius 2 is 1.53 bits per heavy atom. The van der Waals surface area contributed by atoms with Gasteiger partial charge in [0.05, 0.1) is 6.04 Å². The van der Waals surface area contributed by atoms with Gasteiger partial charge in [-0.1, -0.05) is 30.3 Å². The standard InChI is InChI=1S/C13H8F4N2/c14-9-11(10(15)13(17)18-12(9)16)19-6-8(19)7-4-2-1-3-5-7/h1-5,8H,6H2/t8-,19?/m1/s1. The predicted molar refractivity (Wildman–Crippen MR) is 60.6 cm³/mol. The number of hydrogen-bond acceptors (Lipinski definition) is 2. The Labute approximate surface area is 106 Å². The van der Waals surface area contributed by atoms with Gasteiger partial charge in [-0.25, -0.2) is 0 Å². The minimum absolute atomic E-state index is 0.272. The lowest BCUT2D eigenvalue weighted by Crippen LogP contribution is -2.08. The van der Waals surface area contributed by atoms with Crippen molar-refractivity contribution in [3.05, 3.63) is 59.4 Å². The van der Waals surface area contributed by atoms with E-state index in [-0.39, 0.29) is 6.04 Å². The fourth-order valence-corrected chi connectivity index (χ4v) is 2.08. The molecule has 0 N–H and O–H groups in total. The van der Waals surface area contributed by atoms with Gasteiger partial charge in [-0.05, 0) is 5.56 Å². The van der Waals surface area contributed by atoms with Crippen molar-refractivity contribution in [3.63, 3.8) is 0 Å². The molecule has 0 aliphatic carbocycles. The highest BCUT2D eigenvalue weighted by atomic mass is 19.2. The summed E-state index contributed by atoms with van der Waals surface area (Å²) in [6.45, 7) is 0.306. The van der Waals surface area contributed by atoms with Gasteiger partial charge in [0.25, 0.3) is 11.9 Å². The number of hydrogen-bond donors (Lipinski definition) is 0. The SMILES string of the molecule is Fc1nc(F)c(F)c(N2C[C@@H]2c2ccccc2)c1F. The van der Waals surface area contributed by atoms with E-state index in [1.54, 1.807) is 24.3 Å². The van der Waals surface area contributed by atoms with Gasteiger partial charge in [-0.3, -0.25) is 0 Å². The average molecular weight is 268 g/mol. The van der Waals surface area contributed by atoms with E-state index in [0.717, 1.165) is 5.56 Å². The monoisotopic (exact) mass is 268 g/mol. The summed E-state index contributed by atoms with van der Waals surface area (Å²) in [6.07, 6.45) is 0. The largest absolute Gasteiger partial charge is 0.355 e. The van der Waals surface area contributed by atoms with Gasteiger partial charge in [-0.2, -0.15) is 22.5 Å². The Bertz CT molecular complexity index is 604. The number of aromatic nitrogens is 1. The van der Waals surface area contributed by atoms with E-state index < -0.39 is 29.2 Å². The third-order valence-corrected chi connectivity index (χ3v) is 3.06.